The van der Waals surface area contributed by atoms with E-state index in [9.17, 15) is 13.6 Å². The Hall–Kier alpha value is -3.13. The van der Waals surface area contributed by atoms with E-state index in [0.717, 1.165) is 23.4 Å². The molecule has 0 saturated carbocycles. The number of rotatable bonds is 6. The predicted molar refractivity (Wildman–Crippen MR) is 97.4 cm³/mol. The van der Waals surface area contributed by atoms with Gasteiger partial charge in [-0.1, -0.05) is 12.1 Å². The van der Waals surface area contributed by atoms with Gasteiger partial charge in [-0.25, -0.2) is 18.4 Å². The first kappa shape index (κ1) is 18.7. The summed E-state index contributed by atoms with van der Waals surface area (Å²) in [5.74, 6) is -2.26. The molecule has 0 unspecified atom stereocenters. The lowest BCUT2D eigenvalue weighted by atomic mass is 10.1. The Morgan fingerprint density at radius 3 is 2.56 bits per heavy atom. The third-order valence-corrected chi connectivity index (χ3v) is 4.32. The summed E-state index contributed by atoms with van der Waals surface area (Å²) < 4.78 is 27.8. The fourth-order valence-corrected chi connectivity index (χ4v) is 2.64. The van der Waals surface area contributed by atoms with Gasteiger partial charge in [-0.15, -0.1) is 0 Å². The fourth-order valence-electron chi connectivity index (χ4n) is 2.64. The van der Waals surface area contributed by atoms with Gasteiger partial charge in [0.25, 0.3) is 0 Å². The minimum atomic E-state index is -0.998. The molecule has 3 aromatic rings. The summed E-state index contributed by atoms with van der Waals surface area (Å²) in [4.78, 5) is 18.0. The highest BCUT2D eigenvalue weighted by Crippen LogP contribution is 2.20. The second kappa shape index (κ2) is 8.05. The molecular weight excluding hydrogens is 352 g/mol. The van der Waals surface area contributed by atoms with Crippen LogP contribution in [0.15, 0.2) is 55.1 Å². The van der Waals surface area contributed by atoms with Crippen molar-refractivity contribution in [2.24, 2.45) is 0 Å². The van der Waals surface area contributed by atoms with Crippen LogP contribution in [0, 0.1) is 11.6 Å². The molecule has 140 valence electrons. The van der Waals surface area contributed by atoms with Crippen molar-refractivity contribution in [2.75, 3.05) is 18.9 Å². The first-order chi connectivity index (χ1) is 12.9. The number of benzene rings is 2. The van der Waals surface area contributed by atoms with Crippen LogP contribution in [0.4, 0.5) is 14.5 Å². The Labute approximate surface area is 155 Å². The molecule has 2 aromatic carbocycles. The number of likely N-dealkylation sites (N-methyl/N-ethyl adjacent to an activating group) is 1. The van der Waals surface area contributed by atoms with Crippen LogP contribution in [-0.2, 0) is 4.79 Å². The third kappa shape index (κ3) is 4.53. The molecule has 0 saturated heterocycles. The molecule has 0 fully saturated rings. The summed E-state index contributed by atoms with van der Waals surface area (Å²) in [6.07, 6.45) is 3.09. The van der Waals surface area contributed by atoms with E-state index < -0.39 is 11.6 Å². The predicted octanol–water partition coefficient (Wildman–Crippen LogP) is 3.18. The number of nitrogens with zero attached hydrogens (tertiary/aromatic N) is 4. The van der Waals surface area contributed by atoms with Gasteiger partial charge in [0.2, 0.25) is 5.91 Å². The molecule has 1 amide bonds. The molecule has 1 aromatic heterocycles. The second-order valence-electron chi connectivity index (χ2n) is 6.20. The van der Waals surface area contributed by atoms with Gasteiger partial charge in [0.15, 0.2) is 11.6 Å². The number of anilines is 1. The smallest absolute Gasteiger partial charge is 0.238 e. The van der Waals surface area contributed by atoms with Crippen molar-refractivity contribution >= 4 is 11.6 Å². The van der Waals surface area contributed by atoms with E-state index in [4.69, 9.17) is 0 Å². The fraction of sp³-hybridized carbons (Fsp3) is 0.211. The molecule has 6 nitrogen and oxygen atoms in total. The maximum absolute atomic E-state index is 13.2. The van der Waals surface area contributed by atoms with Crippen molar-refractivity contribution in [3.8, 4) is 5.69 Å². The maximum atomic E-state index is 13.2. The van der Waals surface area contributed by atoms with Crippen LogP contribution in [0.25, 0.3) is 5.69 Å². The summed E-state index contributed by atoms with van der Waals surface area (Å²) in [7, 11) is 1.82. The monoisotopic (exact) mass is 371 g/mol. The largest absolute Gasteiger partial charge is 0.325 e. The second-order valence-corrected chi connectivity index (χ2v) is 6.20. The summed E-state index contributed by atoms with van der Waals surface area (Å²) in [6.45, 7) is 2.08. The Balaban J connectivity index is 1.60. The average Bonchev–Trinajstić information content (AvgIpc) is 3.19. The number of aromatic nitrogens is 3. The quantitative estimate of drug-likeness (QED) is 0.723. The molecule has 1 N–H and O–H groups in total. The normalized spacial score (nSPS) is 12.2. The van der Waals surface area contributed by atoms with Crippen LogP contribution in [0.2, 0.25) is 0 Å². The van der Waals surface area contributed by atoms with Crippen LogP contribution in [-0.4, -0.2) is 39.2 Å². The van der Waals surface area contributed by atoms with Gasteiger partial charge in [-0.05, 0) is 43.8 Å². The van der Waals surface area contributed by atoms with Gasteiger partial charge >= 0.3 is 0 Å². The van der Waals surface area contributed by atoms with E-state index in [1.165, 1.54) is 12.4 Å². The van der Waals surface area contributed by atoms with E-state index in [0.29, 0.717) is 0 Å². The summed E-state index contributed by atoms with van der Waals surface area (Å²) in [5, 5.41) is 6.65. The lowest BCUT2D eigenvalue weighted by molar-refractivity contribution is -0.117. The van der Waals surface area contributed by atoms with Crippen LogP contribution in [0.5, 0.6) is 0 Å². The highest BCUT2D eigenvalue weighted by Gasteiger charge is 2.16. The average molecular weight is 371 g/mol. The van der Waals surface area contributed by atoms with E-state index in [1.807, 2.05) is 43.1 Å². The number of amides is 1. The molecule has 3 rings (SSSR count). The van der Waals surface area contributed by atoms with Gasteiger partial charge < -0.3 is 5.32 Å². The molecule has 0 aliphatic heterocycles. The molecule has 0 aliphatic rings. The van der Waals surface area contributed by atoms with Crippen molar-refractivity contribution in [3.63, 3.8) is 0 Å². The first-order valence-electron chi connectivity index (χ1n) is 8.34. The zero-order chi connectivity index (χ0) is 19.4. The molecule has 1 heterocycles. The Bertz CT molecular complexity index is 912. The highest BCUT2D eigenvalue weighted by atomic mass is 19.2. The first-order valence-corrected chi connectivity index (χ1v) is 8.34. The molecule has 1 atom stereocenters. The van der Waals surface area contributed by atoms with Crippen LogP contribution >= 0.6 is 0 Å². The van der Waals surface area contributed by atoms with Crippen LogP contribution < -0.4 is 5.32 Å². The Kier molecular flexibility index (Phi) is 5.56. The van der Waals surface area contributed by atoms with Crippen LogP contribution in [0.1, 0.15) is 18.5 Å². The molecule has 8 heteroatoms. The molecule has 27 heavy (non-hydrogen) atoms. The van der Waals surface area contributed by atoms with Gasteiger partial charge in [0.05, 0.1) is 12.2 Å². The molecule has 0 radical (unpaired) electrons. The van der Waals surface area contributed by atoms with Gasteiger partial charge in [0, 0.05) is 17.8 Å². The number of carbonyl (C=O) groups is 1. The zero-order valence-corrected chi connectivity index (χ0v) is 14.9. The number of halogens is 2. The number of hydrogen-bond donors (Lipinski definition) is 1. The van der Waals surface area contributed by atoms with Crippen molar-refractivity contribution in [1.82, 2.24) is 19.7 Å². The standard InChI is InChI=1S/C19H19F2N5O/c1-13(14-3-6-16(7-4-14)26-12-22-11-23-26)25(2)10-19(27)24-15-5-8-17(20)18(21)9-15/h3-9,11-13H,10H2,1-2H3,(H,24,27)/t13-/m0/s1. The van der Waals surface area contributed by atoms with E-state index >= 15 is 0 Å². The topological polar surface area (TPSA) is 63.1 Å². The number of hydrogen-bond acceptors (Lipinski definition) is 4. The SMILES string of the molecule is C[C@@H](c1ccc(-n2cncn2)cc1)N(C)CC(=O)Nc1ccc(F)c(F)c1. The Morgan fingerprint density at radius 1 is 1.19 bits per heavy atom. The number of nitrogens with one attached hydrogen (secondary N) is 1. The molecular formula is C19H19F2N5O. The lowest BCUT2D eigenvalue weighted by Gasteiger charge is -2.24. The maximum Gasteiger partial charge on any atom is 0.238 e. The molecule has 0 aliphatic carbocycles. The van der Waals surface area contributed by atoms with Crippen molar-refractivity contribution in [2.45, 2.75) is 13.0 Å². The van der Waals surface area contributed by atoms with Crippen LogP contribution in [0.3, 0.4) is 0 Å². The summed E-state index contributed by atoms with van der Waals surface area (Å²) in [6, 6.07) is 11.0. The summed E-state index contributed by atoms with van der Waals surface area (Å²) in [5.41, 5.74) is 2.14. The highest BCUT2D eigenvalue weighted by molar-refractivity contribution is 5.92. The van der Waals surface area contributed by atoms with E-state index in [1.54, 1.807) is 11.0 Å². The number of carbonyl (C=O) groups excluding carboxylic acids is 1. The molecule has 0 bridgehead atoms. The van der Waals surface area contributed by atoms with Gasteiger partial charge in [-0.3, -0.25) is 9.69 Å². The van der Waals surface area contributed by atoms with E-state index in [2.05, 4.69) is 15.4 Å². The minimum Gasteiger partial charge on any atom is -0.325 e. The lowest BCUT2D eigenvalue weighted by Crippen LogP contribution is -2.32. The van der Waals surface area contributed by atoms with Crippen molar-refractivity contribution in [3.05, 3.63) is 72.3 Å². The zero-order valence-electron chi connectivity index (χ0n) is 14.9. The third-order valence-electron chi connectivity index (χ3n) is 4.32. The van der Waals surface area contributed by atoms with Crippen molar-refractivity contribution < 1.29 is 13.6 Å². The molecule has 0 spiro atoms. The summed E-state index contributed by atoms with van der Waals surface area (Å²) >= 11 is 0. The van der Waals surface area contributed by atoms with Gasteiger partial charge in [0.1, 0.15) is 12.7 Å². The van der Waals surface area contributed by atoms with Crippen molar-refractivity contribution in [1.29, 1.82) is 0 Å². The van der Waals surface area contributed by atoms with E-state index in [-0.39, 0.29) is 24.2 Å². The van der Waals surface area contributed by atoms with Gasteiger partial charge in [-0.2, -0.15) is 5.10 Å². The Morgan fingerprint density at radius 2 is 1.93 bits per heavy atom. The minimum absolute atomic E-state index is 0.0227.